The van der Waals surface area contributed by atoms with Crippen molar-refractivity contribution in [3.63, 3.8) is 0 Å². The summed E-state index contributed by atoms with van der Waals surface area (Å²) in [7, 11) is 2.06. The van der Waals surface area contributed by atoms with E-state index in [0.29, 0.717) is 6.54 Å². The maximum absolute atomic E-state index is 11.9. The number of amides is 2. The van der Waals surface area contributed by atoms with Gasteiger partial charge in [-0.05, 0) is 55.7 Å². The number of carbonyl (C=O) groups is 1. The molecule has 0 saturated carbocycles. The molecule has 0 atom stereocenters. The number of urea groups is 1. The Labute approximate surface area is 138 Å². The zero-order valence-corrected chi connectivity index (χ0v) is 14.1. The molecule has 2 amide bonds. The van der Waals surface area contributed by atoms with Gasteiger partial charge in [0.1, 0.15) is 0 Å². The summed E-state index contributed by atoms with van der Waals surface area (Å²) in [4.78, 5) is 14.1. The average Bonchev–Trinajstić information content (AvgIpc) is 2.51. The summed E-state index contributed by atoms with van der Waals surface area (Å²) in [6, 6.07) is 16.1. The van der Waals surface area contributed by atoms with Crippen molar-refractivity contribution in [2.24, 2.45) is 0 Å². The first-order valence-electron chi connectivity index (χ1n) is 7.94. The number of anilines is 2. The number of rotatable bonds is 6. The van der Waals surface area contributed by atoms with E-state index < -0.39 is 0 Å². The molecule has 0 bridgehead atoms. The van der Waals surface area contributed by atoms with E-state index >= 15 is 0 Å². The lowest BCUT2D eigenvalue weighted by Crippen LogP contribution is -2.31. The minimum atomic E-state index is -0.155. The van der Waals surface area contributed by atoms with Crippen molar-refractivity contribution >= 4 is 17.4 Å². The van der Waals surface area contributed by atoms with Crippen molar-refractivity contribution in [3.8, 4) is 0 Å². The second kappa shape index (κ2) is 8.22. The van der Waals surface area contributed by atoms with Gasteiger partial charge in [-0.3, -0.25) is 0 Å². The first-order chi connectivity index (χ1) is 11.0. The molecule has 0 unspecified atom stereocenters. The summed E-state index contributed by atoms with van der Waals surface area (Å²) in [6.45, 7) is 5.59. The van der Waals surface area contributed by atoms with Gasteiger partial charge in [-0.1, -0.05) is 24.3 Å². The van der Waals surface area contributed by atoms with Crippen molar-refractivity contribution in [1.82, 2.24) is 5.32 Å². The van der Waals surface area contributed by atoms with Crippen LogP contribution in [0, 0.1) is 13.8 Å². The first kappa shape index (κ1) is 16.9. The SMILES string of the molecule is Cc1cc(C)cc(NC(=O)NCCCN(C)c2ccccc2)c1. The van der Waals surface area contributed by atoms with E-state index in [2.05, 4.69) is 40.8 Å². The summed E-state index contributed by atoms with van der Waals surface area (Å²) in [5.74, 6) is 0. The Kier molecular flexibility index (Phi) is 6.03. The minimum Gasteiger partial charge on any atom is -0.375 e. The number of hydrogen-bond acceptors (Lipinski definition) is 2. The molecule has 2 aromatic carbocycles. The fourth-order valence-corrected chi connectivity index (χ4v) is 2.55. The molecule has 0 spiro atoms. The normalized spacial score (nSPS) is 10.2. The number of nitrogens with zero attached hydrogens (tertiary/aromatic N) is 1. The molecule has 0 heterocycles. The Bertz CT molecular complexity index is 620. The second-order valence-electron chi connectivity index (χ2n) is 5.87. The van der Waals surface area contributed by atoms with E-state index in [1.165, 1.54) is 5.69 Å². The quantitative estimate of drug-likeness (QED) is 0.793. The van der Waals surface area contributed by atoms with E-state index in [0.717, 1.165) is 29.8 Å². The van der Waals surface area contributed by atoms with Crippen LogP contribution in [0.2, 0.25) is 0 Å². The van der Waals surface area contributed by atoms with Gasteiger partial charge in [0, 0.05) is 31.5 Å². The van der Waals surface area contributed by atoms with Gasteiger partial charge in [0.05, 0.1) is 0 Å². The molecule has 0 saturated heterocycles. The third kappa shape index (κ3) is 5.66. The topological polar surface area (TPSA) is 44.4 Å². The number of nitrogens with one attached hydrogen (secondary N) is 2. The van der Waals surface area contributed by atoms with Crippen LogP contribution in [0.3, 0.4) is 0 Å². The molecule has 0 aromatic heterocycles. The van der Waals surface area contributed by atoms with Crippen LogP contribution in [-0.4, -0.2) is 26.2 Å². The van der Waals surface area contributed by atoms with Crippen LogP contribution in [0.25, 0.3) is 0 Å². The van der Waals surface area contributed by atoms with Crippen LogP contribution in [0.5, 0.6) is 0 Å². The molecular weight excluding hydrogens is 286 g/mol. The lowest BCUT2D eigenvalue weighted by Gasteiger charge is -2.19. The zero-order chi connectivity index (χ0) is 16.7. The second-order valence-corrected chi connectivity index (χ2v) is 5.87. The zero-order valence-electron chi connectivity index (χ0n) is 14.1. The highest BCUT2D eigenvalue weighted by Gasteiger charge is 2.03. The van der Waals surface area contributed by atoms with Crippen LogP contribution in [-0.2, 0) is 0 Å². The van der Waals surface area contributed by atoms with Crippen molar-refractivity contribution < 1.29 is 4.79 Å². The lowest BCUT2D eigenvalue weighted by atomic mass is 10.1. The molecule has 23 heavy (non-hydrogen) atoms. The van der Waals surface area contributed by atoms with Gasteiger partial charge in [0.25, 0.3) is 0 Å². The predicted octanol–water partition coefficient (Wildman–Crippen LogP) is 3.95. The molecule has 4 heteroatoms. The number of para-hydroxylation sites is 1. The van der Waals surface area contributed by atoms with Gasteiger partial charge < -0.3 is 15.5 Å². The van der Waals surface area contributed by atoms with E-state index in [-0.39, 0.29) is 6.03 Å². The van der Waals surface area contributed by atoms with Gasteiger partial charge in [-0.25, -0.2) is 4.79 Å². The summed E-state index contributed by atoms with van der Waals surface area (Å²) < 4.78 is 0. The van der Waals surface area contributed by atoms with Crippen LogP contribution in [0.15, 0.2) is 48.5 Å². The maximum atomic E-state index is 11.9. The third-order valence-corrected chi connectivity index (χ3v) is 3.63. The molecule has 0 aliphatic rings. The van der Waals surface area contributed by atoms with E-state index in [4.69, 9.17) is 0 Å². The van der Waals surface area contributed by atoms with E-state index in [9.17, 15) is 4.79 Å². The maximum Gasteiger partial charge on any atom is 0.319 e. The molecule has 4 nitrogen and oxygen atoms in total. The van der Waals surface area contributed by atoms with E-state index in [1.807, 2.05) is 44.2 Å². The summed E-state index contributed by atoms with van der Waals surface area (Å²) in [5, 5.41) is 5.78. The highest BCUT2D eigenvalue weighted by atomic mass is 16.2. The molecule has 122 valence electrons. The Morgan fingerprint density at radius 1 is 1.04 bits per heavy atom. The van der Waals surface area contributed by atoms with Crippen molar-refractivity contribution in [1.29, 1.82) is 0 Å². The average molecular weight is 311 g/mol. The van der Waals surface area contributed by atoms with Crippen LogP contribution in [0.4, 0.5) is 16.2 Å². The number of hydrogen-bond donors (Lipinski definition) is 2. The van der Waals surface area contributed by atoms with Crippen LogP contribution >= 0.6 is 0 Å². The Balaban J connectivity index is 1.70. The Morgan fingerprint density at radius 3 is 2.35 bits per heavy atom. The smallest absolute Gasteiger partial charge is 0.319 e. The van der Waals surface area contributed by atoms with Crippen molar-refractivity contribution in [3.05, 3.63) is 59.7 Å². The molecule has 0 aliphatic carbocycles. The standard InChI is InChI=1S/C19H25N3O/c1-15-12-16(2)14-17(13-15)21-19(23)20-10-7-11-22(3)18-8-5-4-6-9-18/h4-6,8-9,12-14H,7,10-11H2,1-3H3,(H2,20,21,23). The lowest BCUT2D eigenvalue weighted by molar-refractivity contribution is 0.252. The van der Waals surface area contributed by atoms with Crippen LogP contribution in [0.1, 0.15) is 17.5 Å². The largest absolute Gasteiger partial charge is 0.375 e. The molecule has 2 aromatic rings. The number of carbonyl (C=O) groups excluding carboxylic acids is 1. The molecule has 0 radical (unpaired) electrons. The number of aryl methyl sites for hydroxylation is 2. The molecule has 2 N–H and O–H groups in total. The molecular formula is C19H25N3O. The highest BCUT2D eigenvalue weighted by molar-refractivity contribution is 5.89. The van der Waals surface area contributed by atoms with Gasteiger partial charge >= 0.3 is 6.03 Å². The number of benzene rings is 2. The van der Waals surface area contributed by atoms with Gasteiger partial charge in [-0.2, -0.15) is 0 Å². The van der Waals surface area contributed by atoms with Gasteiger partial charge in [0.15, 0.2) is 0 Å². The predicted molar refractivity (Wildman–Crippen MR) is 97.3 cm³/mol. The summed E-state index contributed by atoms with van der Waals surface area (Å²) >= 11 is 0. The van der Waals surface area contributed by atoms with Gasteiger partial charge in [0.2, 0.25) is 0 Å². The Hall–Kier alpha value is -2.49. The first-order valence-corrected chi connectivity index (χ1v) is 7.94. The minimum absolute atomic E-state index is 0.155. The molecule has 0 fully saturated rings. The van der Waals surface area contributed by atoms with Crippen molar-refractivity contribution in [2.75, 3.05) is 30.4 Å². The third-order valence-electron chi connectivity index (χ3n) is 3.63. The monoisotopic (exact) mass is 311 g/mol. The van der Waals surface area contributed by atoms with Gasteiger partial charge in [-0.15, -0.1) is 0 Å². The van der Waals surface area contributed by atoms with Crippen molar-refractivity contribution in [2.45, 2.75) is 20.3 Å². The summed E-state index contributed by atoms with van der Waals surface area (Å²) in [5.41, 5.74) is 4.31. The fourth-order valence-electron chi connectivity index (χ4n) is 2.55. The molecule has 2 rings (SSSR count). The van der Waals surface area contributed by atoms with Crippen LogP contribution < -0.4 is 15.5 Å². The highest BCUT2D eigenvalue weighted by Crippen LogP contribution is 2.13. The summed E-state index contributed by atoms with van der Waals surface area (Å²) in [6.07, 6.45) is 0.895. The molecule has 0 aliphatic heterocycles. The van der Waals surface area contributed by atoms with E-state index in [1.54, 1.807) is 0 Å². The Morgan fingerprint density at radius 2 is 1.70 bits per heavy atom. The fraction of sp³-hybridized carbons (Fsp3) is 0.316.